The maximum absolute atomic E-state index is 10.9. The molecule has 3 aromatic rings. The minimum absolute atomic E-state index is 0.387. The number of ether oxygens (including phenoxy) is 1. The minimum atomic E-state index is 0.387. The predicted molar refractivity (Wildman–Crippen MR) is 105 cm³/mol. The van der Waals surface area contributed by atoms with Crippen LogP contribution in [0.1, 0.15) is 40.0 Å². The van der Waals surface area contributed by atoms with Crippen molar-refractivity contribution in [1.82, 2.24) is 4.90 Å². The lowest BCUT2D eigenvalue weighted by atomic mass is 9.92. The van der Waals surface area contributed by atoms with Crippen LogP contribution in [0.3, 0.4) is 0 Å². The first-order valence-corrected chi connectivity index (χ1v) is 9.06. The molecule has 1 aliphatic heterocycles. The Kier molecular flexibility index (Phi) is 4.48. The van der Waals surface area contributed by atoms with Crippen LogP contribution in [0.25, 0.3) is 10.8 Å². The fraction of sp³-hybridized carbons (Fsp3) is 0.261. The highest BCUT2D eigenvalue weighted by Crippen LogP contribution is 2.33. The van der Waals surface area contributed by atoms with Crippen LogP contribution in [0.5, 0.6) is 5.75 Å². The van der Waals surface area contributed by atoms with Crippen molar-refractivity contribution < 1.29 is 9.53 Å². The SMILES string of the molecule is COc1ccc2c(c1)CCN(Cc1ccc3cc(C=O)ccc3c1)C2C. The molecule has 26 heavy (non-hydrogen) atoms. The first kappa shape index (κ1) is 16.8. The van der Waals surface area contributed by atoms with E-state index in [1.165, 1.54) is 22.1 Å². The zero-order chi connectivity index (χ0) is 18.1. The van der Waals surface area contributed by atoms with E-state index in [0.29, 0.717) is 6.04 Å². The van der Waals surface area contributed by atoms with E-state index in [2.05, 4.69) is 48.2 Å². The van der Waals surface area contributed by atoms with E-state index in [1.807, 2.05) is 18.2 Å². The van der Waals surface area contributed by atoms with Gasteiger partial charge in [0.2, 0.25) is 0 Å². The summed E-state index contributed by atoms with van der Waals surface area (Å²) in [5.74, 6) is 0.939. The number of hydrogen-bond acceptors (Lipinski definition) is 3. The van der Waals surface area contributed by atoms with Gasteiger partial charge >= 0.3 is 0 Å². The Morgan fingerprint density at radius 2 is 1.88 bits per heavy atom. The van der Waals surface area contributed by atoms with Crippen LogP contribution in [0.4, 0.5) is 0 Å². The highest BCUT2D eigenvalue weighted by atomic mass is 16.5. The zero-order valence-corrected chi connectivity index (χ0v) is 15.2. The second kappa shape index (κ2) is 6.93. The highest BCUT2D eigenvalue weighted by Gasteiger charge is 2.24. The lowest BCUT2D eigenvalue weighted by molar-refractivity contribution is 0.112. The monoisotopic (exact) mass is 345 g/mol. The van der Waals surface area contributed by atoms with E-state index in [-0.39, 0.29) is 0 Å². The summed E-state index contributed by atoms with van der Waals surface area (Å²) in [6, 6.07) is 19.2. The van der Waals surface area contributed by atoms with Crippen molar-refractivity contribution in [3.8, 4) is 5.75 Å². The number of nitrogens with zero attached hydrogens (tertiary/aromatic N) is 1. The van der Waals surface area contributed by atoms with E-state index in [4.69, 9.17) is 4.74 Å². The molecule has 0 radical (unpaired) electrons. The third kappa shape index (κ3) is 3.11. The molecule has 0 spiro atoms. The smallest absolute Gasteiger partial charge is 0.150 e. The van der Waals surface area contributed by atoms with Crippen LogP contribution in [-0.4, -0.2) is 24.8 Å². The lowest BCUT2D eigenvalue weighted by Crippen LogP contribution is -2.33. The Hall–Kier alpha value is -2.65. The molecule has 0 fully saturated rings. The average Bonchev–Trinajstić information content (AvgIpc) is 2.69. The molecule has 4 rings (SSSR count). The molecule has 3 heteroatoms. The molecule has 132 valence electrons. The maximum Gasteiger partial charge on any atom is 0.150 e. The minimum Gasteiger partial charge on any atom is -0.497 e. The first-order valence-electron chi connectivity index (χ1n) is 9.06. The van der Waals surface area contributed by atoms with Crippen LogP contribution in [0, 0.1) is 0 Å². The summed E-state index contributed by atoms with van der Waals surface area (Å²) < 4.78 is 5.36. The molecule has 3 aromatic carbocycles. The van der Waals surface area contributed by atoms with Gasteiger partial charge in [-0.1, -0.05) is 30.3 Å². The fourth-order valence-electron chi connectivity index (χ4n) is 3.92. The number of fused-ring (bicyclic) bond motifs is 2. The van der Waals surface area contributed by atoms with Crippen LogP contribution in [0.15, 0.2) is 54.6 Å². The molecule has 1 atom stereocenters. The number of rotatable bonds is 4. The standard InChI is InChI=1S/C23H23NO2/c1-16-23-8-7-22(26-2)13-21(23)9-10-24(16)14-17-3-5-20-12-18(15-25)4-6-19(20)11-17/h3-8,11-13,15-16H,9-10,14H2,1-2H3. The molecule has 0 aliphatic carbocycles. The molecular formula is C23H23NO2. The molecule has 1 unspecified atom stereocenters. The van der Waals surface area contributed by atoms with E-state index < -0.39 is 0 Å². The second-order valence-corrected chi connectivity index (χ2v) is 7.02. The van der Waals surface area contributed by atoms with Crippen molar-refractivity contribution in [3.05, 3.63) is 76.9 Å². The summed E-state index contributed by atoms with van der Waals surface area (Å²) in [6.45, 7) is 4.25. The molecule has 1 heterocycles. The Bertz CT molecular complexity index is 964. The van der Waals surface area contributed by atoms with Gasteiger partial charge in [0.25, 0.3) is 0 Å². The van der Waals surface area contributed by atoms with Gasteiger partial charge in [-0.2, -0.15) is 0 Å². The summed E-state index contributed by atoms with van der Waals surface area (Å²) in [5, 5.41) is 2.30. The van der Waals surface area contributed by atoms with Crippen molar-refractivity contribution in [2.24, 2.45) is 0 Å². The molecule has 0 saturated heterocycles. The normalized spacial score (nSPS) is 17.1. The van der Waals surface area contributed by atoms with Crippen molar-refractivity contribution in [2.45, 2.75) is 25.9 Å². The highest BCUT2D eigenvalue weighted by molar-refractivity contribution is 5.89. The van der Waals surface area contributed by atoms with E-state index in [9.17, 15) is 4.79 Å². The largest absolute Gasteiger partial charge is 0.497 e. The van der Waals surface area contributed by atoms with Gasteiger partial charge in [0.05, 0.1) is 7.11 Å². The van der Waals surface area contributed by atoms with E-state index in [0.717, 1.165) is 42.5 Å². The Morgan fingerprint density at radius 1 is 1.08 bits per heavy atom. The molecule has 0 bridgehead atoms. The third-order valence-corrected chi connectivity index (χ3v) is 5.47. The number of benzene rings is 3. The maximum atomic E-state index is 10.9. The first-order chi connectivity index (χ1) is 12.7. The third-order valence-electron chi connectivity index (χ3n) is 5.47. The fourth-order valence-corrected chi connectivity index (χ4v) is 3.92. The van der Waals surface area contributed by atoms with Crippen molar-refractivity contribution >= 4 is 17.1 Å². The summed E-state index contributed by atoms with van der Waals surface area (Å²) in [4.78, 5) is 13.5. The van der Waals surface area contributed by atoms with Crippen molar-refractivity contribution in [3.63, 3.8) is 0 Å². The molecule has 1 aliphatic rings. The van der Waals surface area contributed by atoms with Crippen molar-refractivity contribution in [2.75, 3.05) is 13.7 Å². The molecule has 0 saturated carbocycles. The predicted octanol–water partition coefficient (Wildman–Crippen LogP) is 4.78. The number of methoxy groups -OCH3 is 1. The van der Waals surface area contributed by atoms with Gasteiger partial charge in [0, 0.05) is 24.7 Å². The van der Waals surface area contributed by atoms with Gasteiger partial charge in [-0.05, 0) is 65.1 Å². The van der Waals surface area contributed by atoms with Crippen LogP contribution in [0.2, 0.25) is 0 Å². The number of carbonyl (C=O) groups excluding carboxylic acids is 1. The summed E-state index contributed by atoms with van der Waals surface area (Å²) in [5.41, 5.74) is 4.82. The molecule has 0 amide bonds. The van der Waals surface area contributed by atoms with Gasteiger partial charge in [-0.15, -0.1) is 0 Å². The Morgan fingerprint density at radius 3 is 2.69 bits per heavy atom. The summed E-state index contributed by atoms with van der Waals surface area (Å²) in [6.07, 6.45) is 1.95. The summed E-state index contributed by atoms with van der Waals surface area (Å²) >= 11 is 0. The number of aldehydes is 1. The van der Waals surface area contributed by atoms with E-state index in [1.54, 1.807) is 7.11 Å². The van der Waals surface area contributed by atoms with Gasteiger partial charge in [-0.3, -0.25) is 9.69 Å². The van der Waals surface area contributed by atoms with E-state index >= 15 is 0 Å². The Balaban J connectivity index is 1.57. The average molecular weight is 345 g/mol. The van der Waals surface area contributed by atoms with Gasteiger partial charge in [-0.25, -0.2) is 0 Å². The van der Waals surface area contributed by atoms with Crippen molar-refractivity contribution in [1.29, 1.82) is 0 Å². The second-order valence-electron chi connectivity index (χ2n) is 7.02. The van der Waals surface area contributed by atoms with Crippen LogP contribution in [-0.2, 0) is 13.0 Å². The molecular weight excluding hydrogens is 322 g/mol. The van der Waals surface area contributed by atoms with Gasteiger partial charge < -0.3 is 4.74 Å². The number of hydrogen-bond donors (Lipinski definition) is 0. The van der Waals surface area contributed by atoms with Gasteiger partial charge in [0.1, 0.15) is 12.0 Å². The zero-order valence-electron chi connectivity index (χ0n) is 15.2. The van der Waals surface area contributed by atoms with Crippen LogP contribution < -0.4 is 4.74 Å². The van der Waals surface area contributed by atoms with Crippen LogP contribution >= 0.6 is 0 Å². The molecule has 0 N–H and O–H groups in total. The molecule has 3 nitrogen and oxygen atoms in total. The number of carbonyl (C=O) groups is 1. The lowest BCUT2D eigenvalue weighted by Gasteiger charge is -2.35. The Labute approximate surface area is 154 Å². The van der Waals surface area contributed by atoms with Gasteiger partial charge in [0.15, 0.2) is 0 Å². The quantitative estimate of drug-likeness (QED) is 0.637. The summed E-state index contributed by atoms with van der Waals surface area (Å²) in [7, 11) is 1.72. The molecule has 0 aromatic heterocycles. The topological polar surface area (TPSA) is 29.5 Å².